The Labute approximate surface area is 181 Å². The van der Waals surface area contributed by atoms with Crippen LogP contribution in [0.2, 0.25) is 10.0 Å². The van der Waals surface area contributed by atoms with Gasteiger partial charge in [-0.3, -0.25) is 9.59 Å². The minimum atomic E-state index is -4.70. The van der Waals surface area contributed by atoms with Crippen molar-refractivity contribution < 1.29 is 32.2 Å². The quantitative estimate of drug-likeness (QED) is 0.405. The number of rotatable bonds is 8. The second kappa shape index (κ2) is 10.5. The predicted molar refractivity (Wildman–Crippen MR) is 107 cm³/mol. The van der Waals surface area contributed by atoms with Crippen LogP contribution in [0, 0.1) is 6.92 Å². The van der Waals surface area contributed by atoms with E-state index < -0.39 is 35.9 Å². The molecule has 2 aromatic rings. The maximum Gasteiger partial charge on any atom is 0.418 e. The van der Waals surface area contributed by atoms with Crippen molar-refractivity contribution in [2.75, 3.05) is 18.5 Å². The van der Waals surface area contributed by atoms with E-state index in [2.05, 4.69) is 0 Å². The van der Waals surface area contributed by atoms with E-state index >= 15 is 0 Å². The number of amides is 1. The lowest BCUT2D eigenvalue weighted by Crippen LogP contribution is -2.23. The van der Waals surface area contributed by atoms with Crippen LogP contribution in [0.15, 0.2) is 36.4 Å². The number of carbonyl (C=O) groups excluding carboxylic acids is 2. The lowest BCUT2D eigenvalue weighted by Gasteiger charge is -2.15. The number of nitrogens with one attached hydrogen (secondary N) is 1. The number of halogens is 5. The zero-order valence-electron chi connectivity index (χ0n) is 15.8. The number of benzene rings is 2. The highest BCUT2D eigenvalue weighted by atomic mass is 35.5. The molecule has 0 fully saturated rings. The molecule has 2 aromatic carbocycles. The monoisotopic (exact) mass is 463 g/mol. The number of esters is 1. The molecule has 0 aliphatic carbocycles. The van der Waals surface area contributed by atoms with Crippen molar-refractivity contribution in [3.63, 3.8) is 0 Å². The van der Waals surface area contributed by atoms with Crippen molar-refractivity contribution in [1.82, 2.24) is 0 Å². The fraction of sp³-hybridized carbons (Fsp3) is 0.300. The lowest BCUT2D eigenvalue weighted by molar-refractivity contribution is -0.147. The van der Waals surface area contributed by atoms with Crippen molar-refractivity contribution in [1.29, 1.82) is 0 Å². The van der Waals surface area contributed by atoms with E-state index in [0.717, 1.165) is 17.7 Å². The van der Waals surface area contributed by atoms with Gasteiger partial charge in [0.2, 0.25) is 0 Å². The average molecular weight is 464 g/mol. The minimum absolute atomic E-state index is 0.0280. The maximum absolute atomic E-state index is 13.0. The van der Waals surface area contributed by atoms with Gasteiger partial charge in [-0.15, -0.1) is 0 Å². The zero-order valence-corrected chi connectivity index (χ0v) is 17.3. The summed E-state index contributed by atoms with van der Waals surface area (Å²) in [7, 11) is 0. The number of anilines is 1. The van der Waals surface area contributed by atoms with Gasteiger partial charge in [0, 0.05) is 11.4 Å². The molecule has 10 heteroatoms. The Balaban J connectivity index is 1.76. The average Bonchev–Trinajstić information content (AvgIpc) is 2.67. The van der Waals surface area contributed by atoms with Crippen LogP contribution >= 0.6 is 23.2 Å². The molecule has 0 spiro atoms. The molecule has 1 amide bonds. The van der Waals surface area contributed by atoms with Crippen LogP contribution in [-0.4, -0.2) is 25.1 Å². The number of hydrogen-bond donors (Lipinski definition) is 1. The summed E-state index contributed by atoms with van der Waals surface area (Å²) in [5.74, 6) is -1.02. The maximum atomic E-state index is 13.0. The molecule has 0 aromatic heterocycles. The van der Waals surface area contributed by atoms with Gasteiger partial charge in [0.25, 0.3) is 5.91 Å². The summed E-state index contributed by atoms with van der Waals surface area (Å²) in [5, 5.41) is 2.37. The number of carbonyl (C=O) groups is 2. The topological polar surface area (TPSA) is 64.6 Å². The SMILES string of the molecule is Cc1cc(OCCCC(=O)OCC(=O)Nc2c(Cl)cccc2C(F)(F)F)ccc1Cl. The van der Waals surface area contributed by atoms with E-state index in [0.29, 0.717) is 17.2 Å². The third-order valence-electron chi connectivity index (χ3n) is 3.87. The first kappa shape index (κ1) is 23.8. The van der Waals surface area contributed by atoms with Crippen LogP contribution in [0.3, 0.4) is 0 Å². The van der Waals surface area contributed by atoms with Gasteiger partial charge in [-0.1, -0.05) is 29.3 Å². The molecule has 0 unspecified atom stereocenters. The van der Waals surface area contributed by atoms with Crippen LogP contribution in [0.5, 0.6) is 5.75 Å². The summed E-state index contributed by atoms with van der Waals surface area (Å²) in [4.78, 5) is 23.6. The van der Waals surface area contributed by atoms with Crippen LogP contribution in [0.4, 0.5) is 18.9 Å². The summed E-state index contributed by atoms with van der Waals surface area (Å²) in [6, 6.07) is 8.27. The molecule has 0 saturated heterocycles. The van der Waals surface area contributed by atoms with Gasteiger partial charge in [-0.2, -0.15) is 13.2 Å². The fourth-order valence-corrected chi connectivity index (χ4v) is 2.73. The lowest BCUT2D eigenvalue weighted by atomic mass is 10.1. The summed E-state index contributed by atoms with van der Waals surface area (Å²) in [5.41, 5.74) is -0.824. The molecule has 2 rings (SSSR count). The Morgan fingerprint density at radius 3 is 2.50 bits per heavy atom. The van der Waals surface area contributed by atoms with Crippen molar-refractivity contribution in [3.05, 3.63) is 57.6 Å². The third kappa shape index (κ3) is 7.11. The minimum Gasteiger partial charge on any atom is -0.494 e. The van der Waals surface area contributed by atoms with E-state index in [1.807, 2.05) is 12.2 Å². The van der Waals surface area contributed by atoms with Gasteiger partial charge in [-0.25, -0.2) is 0 Å². The normalized spacial score (nSPS) is 11.1. The third-order valence-corrected chi connectivity index (χ3v) is 4.61. The van der Waals surface area contributed by atoms with Gasteiger partial charge in [0.1, 0.15) is 5.75 Å². The van der Waals surface area contributed by atoms with Gasteiger partial charge >= 0.3 is 12.1 Å². The molecule has 0 radical (unpaired) electrons. The van der Waals surface area contributed by atoms with Crippen molar-refractivity contribution in [2.45, 2.75) is 25.9 Å². The van der Waals surface area contributed by atoms with Gasteiger partial charge in [0.15, 0.2) is 6.61 Å². The molecule has 0 saturated carbocycles. The van der Waals surface area contributed by atoms with Crippen LogP contribution in [0.25, 0.3) is 0 Å². The highest BCUT2D eigenvalue weighted by Crippen LogP contribution is 2.38. The van der Waals surface area contributed by atoms with Crippen LogP contribution in [0.1, 0.15) is 24.0 Å². The Morgan fingerprint density at radius 2 is 1.83 bits per heavy atom. The van der Waals surface area contributed by atoms with Gasteiger partial charge in [0.05, 0.1) is 22.9 Å². The molecular weight excluding hydrogens is 446 g/mol. The highest BCUT2D eigenvalue weighted by molar-refractivity contribution is 6.34. The van der Waals surface area contributed by atoms with Gasteiger partial charge in [-0.05, 0) is 49.2 Å². The first-order valence-corrected chi connectivity index (χ1v) is 9.53. The number of para-hydroxylation sites is 1. The van der Waals surface area contributed by atoms with E-state index in [-0.39, 0.29) is 18.1 Å². The molecule has 1 N–H and O–H groups in total. The summed E-state index contributed by atoms with van der Waals surface area (Å²) in [6.07, 6.45) is -4.41. The van der Waals surface area contributed by atoms with Gasteiger partial charge < -0.3 is 14.8 Å². The van der Waals surface area contributed by atoms with Crippen molar-refractivity contribution in [2.24, 2.45) is 0 Å². The summed E-state index contributed by atoms with van der Waals surface area (Å²) >= 11 is 11.7. The Morgan fingerprint density at radius 1 is 1.10 bits per heavy atom. The van der Waals surface area contributed by atoms with E-state index in [9.17, 15) is 22.8 Å². The standard InChI is InChI=1S/C20H18Cl2F3NO4/c1-12-10-13(7-8-15(12)21)29-9-3-6-18(28)30-11-17(27)26-19-14(20(23,24)25)4-2-5-16(19)22/h2,4-5,7-8,10H,3,6,9,11H2,1H3,(H,26,27). The summed E-state index contributed by atoms with van der Waals surface area (Å²) in [6.45, 7) is 1.33. The largest absolute Gasteiger partial charge is 0.494 e. The van der Waals surface area contributed by atoms with E-state index in [4.69, 9.17) is 32.7 Å². The first-order chi connectivity index (χ1) is 14.1. The van der Waals surface area contributed by atoms with Crippen LogP contribution < -0.4 is 10.1 Å². The first-order valence-electron chi connectivity index (χ1n) is 8.78. The Hall–Kier alpha value is -2.45. The Bertz CT molecular complexity index is 919. The molecule has 5 nitrogen and oxygen atoms in total. The van der Waals surface area contributed by atoms with Crippen LogP contribution in [-0.2, 0) is 20.5 Å². The highest BCUT2D eigenvalue weighted by Gasteiger charge is 2.34. The molecule has 0 heterocycles. The Kier molecular flexibility index (Phi) is 8.37. The van der Waals surface area contributed by atoms with E-state index in [1.54, 1.807) is 18.2 Å². The molecule has 162 valence electrons. The molecule has 0 aliphatic rings. The molecule has 0 bridgehead atoms. The molecular formula is C20H18Cl2F3NO4. The zero-order chi connectivity index (χ0) is 22.3. The predicted octanol–water partition coefficient (Wildman–Crippen LogP) is 5.66. The molecule has 0 aliphatic heterocycles. The smallest absolute Gasteiger partial charge is 0.418 e. The second-order valence-electron chi connectivity index (χ2n) is 6.23. The molecule has 30 heavy (non-hydrogen) atoms. The van der Waals surface area contributed by atoms with E-state index in [1.165, 1.54) is 6.07 Å². The van der Waals surface area contributed by atoms with Crippen molar-refractivity contribution in [3.8, 4) is 5.75 Å². The number of hydrogen-bond acceptors (Lipinski definition) is 4. The number of ether oxygens (including phenoxy) is 2. The summed E-state index contributed by atoms with van der Waals surface area (Å²) < 4.78 is 49.3. The number of alkyl halides is 3. The van der Waals surface area contributed by atoms with Crippen molar-refractivity contribution >= 4 is 40.8 Å². The second-order valence-corrected chi connectivity index (χ2v) is 7.05. The number of aryl methyl sites for hydroxylation is 1. The fourth-order valence-electron chi connectivity index (χ4n) is 2.39. The molecule has 0 atom stereocenters.